The Morgan fingerprint density at radius 2 is 1.91 bits per heavy atom. The number of aromatic nitrogens is 4. The first-order valence-electron chi connectivity index (χ1n) is 9.64. The van der Waals surface area contributed by atoms with E-state index in [9.17, 15) is 18.8 Å². The van der Waals surface area contributed by atoms with Crippen LogP contribution in [0.4, 0.5) is 10.1 Å². The third-order valence-corrected chi connectivity index (χ3v) is 5.25. The number of nitrogens with one attached hydrogen (secondary N) is 1. The number of carbonyl (C=O) groups excluding carboxylic acids is 1. The Morgan fingerprint density at radius 1 is 1.18 bits per heavy atom. The lowest BCUT2D eigenvalue weighted by Gasteiger charge is -2.12. The molecule has 0 spiro atoms. The summed E-state index contributed by atoms with van der Waals surface area (Å²) in [6.07, 6.45) is 1.31. The third-order valence-electron chi connectivity index (χ3n) is 4.93. The summed E-state index contributed by atoms with van der Waals surface area (Å²) in [6.45, 7) is -0.574. The van der Waals surface area contributed by atoms with Crippen molar-refractivity contribution in [2.24, 2.45) is 7.05 Å². The molecule has 4 aromatic rings. The number of hydrogen-bond acceptors (Lipinski definition) is 6. The summed E-state index contributed by atoms with van der Waals surface area (Å²) in [6, 6.07) is 10.4. The van der Waals surface area contributed by atoms with Gasteiger partial charge in [0.15, 0.2) is 11.5 Å². The van der Waals surface area contributed by atoms with E-state index in [2.05, 4.69) is 15.3 Å². The summed E-state index contributed by atoms with van der Waals surface area (Å²) in [5.41, 5.74) is -0.489. The molecule has 0 bridgehead atoms. The molecule has 168 valence electrons. The second kappa shape index (κ2) is 8.83. The Balaban J connectivity index is 1.69. The lowest BCUT2D eigenvalue weighted by atomic mass is 10.2. The Hall–Kier alpha value is -4.05. The number of benzene rings is 2. The topological polar surface area (TPSA) is 108 Å². The Labute approximate surface area is 191 Å². The monoisotopic (exact) mass is 469 g/mol. The number of aryl methyl sites for hydroxylation is 1. The number of ether oxygens (including phenoxy) is 1. The van der Waals surface area contributed by atoms with Crippen molar-refractivity contribution < 1.29 is 13.9 Å². The van der Waals surface area contributed by atoms with Crippen LogP contribution in [0.3, 0.4) is 0 Å². The Bertz CT molecular complexity index is 1500. The highest BCUT2D eigenvalue weighted by atomic mass is 35.5. The molecule has 0 saturated heterocycles. The zero-order chi connectivity index (χ0) is 23.7. The number of hydrogen-bond donors (Lipinski definition) is 1. The molecular weight excluding hydrogens is 453 g/mol. The van der Waals surface area contributed by atoms with Gasteiger partial charge in [-0.25, -0.2) is 19.2 Å². The zero-order valence-electron chi connectivity index (χ0n) is 17.5. The van der Waals surface area contributed by atoms with E-state index in [1.165, 1.54) is 23.9 Å². The van der Waals surface area contributed by atoms with Crippen molar-refractivity contribution in [1.82, 2.24) is 19.1 Å². The highest BCUT2D eigenvalue weighted by Crippen LogP contribution is 2.22. The van der Waals surface area contributed by atoms with Crippen LogP contribution in [0, 0.1) is 5.82 Å². The van der Waals surface area contributed by atoms with E-state index in [4.69, 9.17) is 16.3 Å². The van der Waals surface area contributed by atoms with Crippen molar-refractivity contribution >= 4 is 34.2 Å². The molecule has 9 nitrogen and oxygen atoms in total. The molecule has 2 aromatic heterocycles. The van der Waals surface area contributed by atoms with Gasteiger partial charge in [0.25, 0.3) is 5.56 Å². The maximum atomic E-state index is 13.2. The molecule has 0 aliphatic rings. The normalized spacial score (nSPS) is 10.9. The molecule has 1 N–H and O–H groups in total. The highest BCUT2D eigenvalue weighted by Gasteiger charge is 2.17. The van der Waals surface area contributed by atoms with Crippen molar-refractivity contribution in [3.8, 4) is 17.1 Å². The maximum absolute atomic E-state index is 13.2. The zero-order valence-corrected chi connectivity index (χ0v) is 18.3. The van der Waals surface area contributed by atoms with Crippen molar-refractivity contribution in [2.45, 2.75) is 6.54 Å². The molecule has 0 aliphatic carbocycles. The number of carbonyl (C=O) groups is 1. The number of amides is 1. The number of rotatable bonds is 5. The number of anilines is 1. The second-order valence-electron chi connectivity index (χ2n) is 7.06. The van der Waals surface area contributed by atoms with E-state index >= 15 is 0 Å². The largest absolute Gasteiger partial charge is 0.497 e. The van der Waals surface area contributed by atoms with Crippen LogP contribution < -0.4 is 21.3 Å². The molecule has 0 saturated carbocycles. The van der Waals surface area contributed by atoms with Crippen molar-refractivity contribution in [2.75, 3.05) is 12.4 Å². The molecule has 0 aliphatic heterocycles. The Kier molecular flexibility index (Phi) is 5.93. The molecular formula is C22H17ClFN5O4. The average molecular weight is 470 g/mol. The molecule has 0 unspecified atom stereocenters. The lowest BCUT2D eigenvalue weighted by molar-refractivity contribution is -0.116. The fourth-order valence-corrected chi connectivity index (χ4v) is 3.44. The van der Waals surface area contributed by atoms with E-state index in [0.29, 0.717) is 17.1 Å². The van der Waals surface area contributed by atoms with E-state index in [-0.39, 0.29) is 21.7 Å². The lowest BCUT2D eigenvalue weighted by Crippen LogP contribution is -2.42. The van der Waals surface area contributed by atoms with Crippen molar-refractivity contribution in [3.63, 3.8) is 0 Å². The predicted octanol–water partition coefficient (Wildman–Crippen LogP) is 2.60. The van der Waals surface area contributed by atoms with Crippen LogP contribution in [0.5, 0.6) is 5.75 Å². The highest BCUT2D eigenvalue weighted by molar-refractivity contribution is 6.33. The van der Waals surface area contributed by atoms with Gasteiger partial charge in [-0.3, -0.25) is 18.7 Å². The van der Waals surface area contributed by atoms with Gasteiger partial charge in [-0.15, -0.1) is 0 Å². The summed E-state index contributed by atoms with van der Waals surface area (Å²) in [7, 11) is 3.00. The van der Waals surface area contributed by atoms with Crippen molar-refractivity contribution in [1.29, 1.82) is 0 Å². The molecule has 33 heavy (non-hydrogen) atoms. The van der Waals surface area contributed by atoms with Gasteiger partial charge in [-0.05, 0) is 42.5 Å². The van der Waals surface area contributed by atoms with Crippen molar-refractivity contribution in [3.05, 3.63) is 80.3 Å². The third kappa shape index (κ3) is 4.33. The SMILES string of the molecule is COc1ccc(-c2ncc3c(=O)n(CC(=O)Nc4ccc(F)cc4Cl)c(=O)n(C)c3n2)cc1. The van der Waals surface area contributed by atoms with Gasteiger partial charge >= 0.3 is 5.69 Å². The number of nitrogens with zero attached hydrogens (tertiary/aromatic N) is 4. The summed E-state index contributed by atoms with van der Waals surface area (Å²) < 4.78 is 20.3. The summed E-state index contributed by atoms with van der Waals surface area (Å²) in [5, 5.41) is 2.52. The quantitative estimate of drug-likeness (QED) is 0.481. The minimum atomic E-state index is -0.729. The standard InChI is InChI=1S/C22H17ClFN5O4/c1-28-20-15(10-25-19(27-20)12-3-6-14(33-2)7-4-12)21(31)29(22(28)32)11-18(30)26-17-8-5-13(24)9-16(17)23/h3-10H,11H2,1-2H3,(H,26,30). The molecule has 2 heterocycles. The molecule has 0 atom stereocenters. The van der Waals surface area contributed by atoms with Gasteiger partial charge in [0.05, 0.1) is 17.8 Å². The van der Waals surface area contributed by atoms with Crippen LogP contribution in [0.15, 0.2) is 58.3 Å². The maximum Gasteiger partial charge on any atom is 0.332 e. The van der Waals surface area contributed by atoms with E-state index in [1.807, 2.05) is 0 Å². The number of fused-ring (bicyclic) bond motifs is 1. The fraction of sp³-hybridized carbons (Fsp3) is 0.136. The second-order valence-corrected chi connectivity index (χ2v) is 7.47. The molecule has 1 amide bonds. The summed E-state index contributed by atoms with van der Waals surface area (Å²) in [4.78, 5) is 46.8. The molecule has 2 aromatic carbocycles. The van der Waals surface area contributed by atoms with Crippen LogP contribution in [-0.2, 0) is 18.4 Å². The van der Waals surface area contributed by atoms with Gasteiger partial charge in [-0.2, -0.15) is 0 Å². The molecule has 0 fully saturated rings. The van der Waals surface area contributed by atoms with E-state index < -0.39 is 29.5 Å². The Morgan fingerprint density at radius 3 is 2.58 bits per heavy atom. The summed E-state index contributed by atoms with van der Waals surface area (Å²) in [5.74, 6) is -0.263. The van der Waals surface area contributed by atoms with Gasteiger partial charge in [0, 0.05) is 18.8 Å². The minimum absolute atomic E-state index is 0.0124. The predicted molar refractivity (Wildman–Crippen MR) is 121 cm³/mol. The van der Waals surface area contributed by atoms with E-state index in [0.717, 1.165) is 16.7 Å². The number of halogens is 2. The van der Waals surface area contributed by atoms with E-state index in [1.54, 1.807) is 31.4 Å². The molecule has 4 rings (SSSR count). The first-order valence-corrected chi connectivity index (χ1v) is 10.0. The van der Waals surface area contributed by atoms with Gasteiger partial charge in [0.1, 0.15) is 23.5 Å². The molecule has 11 heteroatoms. The average Bonchev–Trinajstić information content (AvgIpc) is 2.82. The first kappa shape index (κ1) is 22.2. The number of methoxy groups -OCH3 is 1. The van der Waals surface area contributed by atoms with Crippen LogP contribution >= 0.6 is 11.6 Å². The molecule has 0 radical (unpaired) electrons. The fourth-order valence-electron chi connectivity index (χ4n) is 3.23. The van der Waals surface area contributed by atoms with Crippen LogP contribution in [0.25, 0.3) is 22.4 Å². The van der Waals surface area contributed by atoms with Crippen LogP contribution in [0.1, 0.15) is 0 Å². The first-order chi connectivity index (χ1) is 15.8. The van der Waals surface area contributed by atoms with Crippen LogP contribution in [0.2, 0.25) is 5.02 Å². The minimum Gasteiger partial charge on any atom is -0.497 e. The smallest absolute Gasteiger partial charge is 0.332 e. The summed E-state index contributed by atoms with van der Waals surface area (Å²) >= 11 is 5.91. The van der Waals surface area contributed by atoms with Gasteiger partial charge in [0.2, 0.25) is 5.91 Å². The van der Waals surface area contributed by atoms with Crippen LogP contribution in [-0.4, -0.2) is 32.1 Å². The van der Waals surface area contributed by atoms with Gasteiger partial charge < -0.3 is 10.1 Å². The van der Waals surface area contributed by atoms with Gasteiger partial charge in [-0.1, -0.05) is 11.6 Å².